The minimum absolute atomic E-state index is 0.0175. The first-order chi connectivity index (χ1) is 8.27. The zero-order chi connectivity index (χ0) is 12.1. The monoisotopic (exact) mass is 225 g/mol. The highest BCUT2D eigenvalue weighted by molar-refractivity contribution is 5.94. The molecule has 0 radical (unpaired) electrons. The van der Waals surface area contributed by atoms with Crippen molar-refractivity contribution >= 4 is 5.91 Å². The van der Waals surface area contributed by atoms with E-state index in [4.69, 9.17) is 0 Å². The Balaban J connectivity index is 2.05. The number of nitrogens with one attached hydrogen (secondary N) is 1. The third-order valence-corrected chi connectivity index (χ3v) is 2.68. The standard InChI is InChI=1S/C15H15NO/c1-12(13-8-4-2-5-9-13)16-15(17)14-10-6-3-7-11-14/h2-12H,1H3,(H,16,17)/t12-/m0/s1. The second-order valence-corrected chi connectivity index (χ2v) is 3.97. The Hall–Kier alpha value is -2.09. The van der Waals surface area contributed by atoms with Crippen LogP contribution in [0.5, 0.6) is 0 Å². The largest absolute Gasteiger partial charge is 0.346 e. The van der Waals surface area contributed by atoms with Gasteiger partial charge in [-0.15, -0.1) is 0 Å². The molecule has 86 valence electrons. The van der Waals surface area contributed by atoms with Gasteiger partial charge in [-0.1, -0.05) is 48.5 Å². The van der Waals surface area contributed by atoms with E-state index in [0.717, 1.165) is 5.56 Å². The summed E-state index contributed by atoms with van der Waals surface area (Å²) in [6, 6.07) is 19.2. The normalized spacial score (nSPS) is 11.8. The van der Waals surface area contributed by atoms with E-state index in [9.17, 15) is 4.79 Å². The fraction of sp³-hybridized carbons (Fsp3) is 0.133. The molecule has 2 heteroatoms. The zero-order valence-electron chi connectivity index (χ0n) is 9.76. The van der Waals surface area contributed by atoms with Crippen LogP contribution in [0.1, 0.15) is 28.9 Å². The number of rotatable bonds is 3. The Morgan fingerprint density at radius 3 is 2.06 bits per heavy atom. The lowest BCUT2D eigenvalue weighted by Crippen LogP contribution is -2.26. The van der Waals surface area contributed by atoms with Crippen LogP contribution in [0.3, 0.4) is 0 Å². The van der Waals surface area contributed by atoms with Crippen LogP contribution in [-0.2, 0) is 0 Å². The quantitative estimate of drug-likeness (QED) is 0.854. The fourth-order valence-electron chi connectivity index (χ4n) is 1.69. The molecule has 2 nitrogen and oxygen atoms in total. The summed E-state index contributed by atoms with van der Waals surface area (Å²) in [5.41, 5.74) is 1.80. The highest BCUT2D eigenvalue weighted by Gasteiger charge is 2.10. The van der Waals surface area contributed by atoms with Crippen molar-refractivity contribution in [3.63, 3.8) is 0 Å². The molecule has 0 spiro atoms. The first-order valence-corrected chi connectivity index (χ1v) is 5.68. The molecule has 1 amide bonds. The average Bonchev–Trinajstić information content (AvgIpc) is 2.40. The summed E-state index contributed by atoms with van der Waals surface area (Å²) < 4.78 is 0. The van der Waals surface area contributed by atoms with Gasteiger partial charge in [-0.05, 0) is 24.6 Å². The number of benzene rings is 2. The van der Waals surface area contributed by atoms with Gasteiger partial charge in [-0.25, -0.2) is 0 Å². The predicted octanol–water partition coefficient (Wildman–Crippen LogP) is 3.18. The van der Waals surface area contributed by atoms with Gasteiger partial charge >= 0.3 is 0 Å². The minimum atomic E-state index is -0.0399. The molecule has 0 heterocycles. The maximum absolute atomic E-state index is 11.9. The molecule has 2 aromatic carbocycles. The number of carbonyl (C=O) groups excluding carboxylic acids is 1. The number of hydrogen-bond donors (Lipinski definition) is 1. The van der Waals surface area contributed by atoms with Crippen molar-refractivity contribution in [2.45, 2.75) is 13.0 Å². The molecule has 17 heavy (non-hydrogen) atoms. The molecule has 1 atom stereocenters. The lowest BCUT2D eigenvalue weighted by atomic mass is 10.1. The molecule has 0 aliphatic rings. The number of amides is 1. The van der Waals surface area contributed by atoms with Crippen molar-refractivity contribution in [1.82, 2.24) is 5.32 Å². The molecule has 2 aromatic rings. The van der Waals surface area contributed by atoms with E-state index in [0.29, 0.717) is 5.56 Å². The summed E-state index contributed by atoms with van der Waals surface area (Å²) in [7, 11) is 0. The van der Waals surface area contributed by atoms with E-state index in [1.165, 1.54) is 0 Å². The molecule has 0 aliphatic carbocycles. The lowest BCUT2D eigenvalue weighted by Gasteiger charge is -2.14. The van der Waals surface area contributed by atoms with Crippen LogP contribution in [0.15, 0.2) is 60.7 Å². The van der Waals surface area contributed by atoms with Gasteiger partial charge in [-0.2, -0.15) is 0 Å². The highest BCUT2D eigenvalue weighted by atomic mass is 16.1. The molecule has 1 N–H and O–H groups in total. The number of carbonyl (C=O) groups is 1. The van der Waals surface area contributed by atoms with Crippen LogP contribution in [0, 0.1) is 0 Å². The summed E-state index contributed by atoms with van der Waals surface area (Å²) in [5, 5.41) is 2.97. The van der Waals surface area contributed by atoms with Crippen LogP contribution >= 0.6 is 0 Å². The van der Waals surface area contributed by atoms with Gasteiger partial charge in [-0.3, -0.25) is 4.79 Å². The molecular weight excluding hydrogens is 210 g/mol. The Kier molecular flexibility index (Phi) is 3.55. The van der Waals surface area contributed by atoms with Crippen LogP contribution in [0.4, 0.5) is 0 Å². The van der Waals surface area contributed by atoms with E-state index >= 15 is 0 Å². The van der Waals surface area contributed by atoms with Crippen molar-refractivity contribution in [2.24, 2.45) is 0 Å². The predicted molar refractivity (Wildman–Crippen MR) is 68.8 cm³/mol. The first-order valence-electron chi connectivity index (χ1n) is 5.68. The van der Waals surface area contributed by atoms with Crippen LogP contribution in [-0.4, -0.2) is 5.91 Å². The third-order valence-electron chi connectivity index (χ3n) is 2.68. The fourth-order valence-corrected chi connectivity index (χ4v) is 1.69. The maximum atomic E-state index is 11.9. The van der Waals surface area contributed by atoms with Gasteiger partial charge in [0, 0.05) is 5.56 Å². The van der Waals surface area contributed by atoms with E-state index in [1.54, 1.807) is 0 Å². The van der Waals surface area contributed by atoms with Crippen LogP contribution in [0.2, 0.25) is 0 Å². The van der Waals surface area contributed by atoms with Crippen molar-refractivity contribution in [1.29, 1.82) is 0 Å². The summed E-state index contributed by atoms with van der Waals surface area (Å²) in [4.78, 5) is 11.9. The molecule has 0 aliphatic heterocycles. The van der Waals surface area contributed by atoms with E-state index in [-0.39, 0.29) is 11.9 Å². The Bertz CT molecular complexity index is 479. The van der Waals surface area contributed by atoms with E-state index in [1.807, 2.05) is 67.6 Å². The molecule has 0 bridgehead atoms. The Labute approximate surface area is 101 Å². The van der Waals surface area contributed by atoms with Crippen molar-refractivity contribution in [3.8, 4) is 0 Å². The molecule has 0 aromatic heterocycles. The van der Waals surface area contributed by atoms with Gasteiger partial charge in [0.25, 0.3) is 5.91 Å². The van der Waals surface area contributed by atoms with Gasteiger partial charge in [0.2, 0.25) is 0 Å². The zero-order valence-corrected chi connectivity index (χ0v) is 9.76. The molecule has 0 fully saturated rings. The van der Waals surface area contributed by atoms with Gasteiger partial charge < -0.3 is 5.32 Å². The number of hydrogen-bond acceptors (Lipinski definition) is 1. The van der Waals surface area contributed by atoms with Crippen LogP contribution < -0.4 is 5.32 Å². The summed E-state index contributed by atoms with van der Waals surface area (Å²) >= 11 is 0. The smallest absolute Gasteiger partial charge is 0.251 e. The van der Waals surface area contributed by atoms with Gasteiger partial charge in [0.05, 0.1) is 6.04 Å². The SMILES string of the molecule is C[C@H](NC(=O)c1ccccc1)c1ccccc1. The van der Waals surface area contributed by atoms with Gasteiger partial charge in [0.15, 0.2) is 0 Å². The Morgan fingerprint density at radius 2 is 1.47 bits per heavy atom. The minimum Gasteiger partial charge on any atom is -0.346 e. The highest BCUT2D eigenvalue weighted by Crippen LogP contribution is 2.12. The van der Waals surface area contributed by atoms with E-state index < -0.39 is 0 Å². The lowest BCUT2D eigenvalue weighted by molar-refractivity contribution is 0.0940. The molecule has 0 saturated carbocycles. The second kappa shape index (κ2) is 5.30. The second-order valence-electron chi connectivity index (χ2n) is 3.97. The summed E-state index contributed by atoms with van der Waals surface area (Å²) in [5.74, 6) is -0.0399. The van der Waals surface area contributed by atoms with Crippen molar-refractivity contribution < 1.29 is 4.79 Å². The topological polar surface area (TPSA) is 29.1 Å². The molecule has 0 saturated heterocycles. The first kappa shape index (κ1) is 11.4. The van der Waals surface area contributed by atoms with E-state index in [2.05, 4.69) is 5.32 Å². The molecule has 0 unspecified atom stereocenters. The Morgan fingerprint density at radius 1 is 0.941 bits per heavy atom. The molecular formula is C15H15NO. The van der Waals surface area contributed by atoms with Crippen LogP contribution in [0.25, 0.3) is 0 Å². The summed E-state index contributed by atoms with van der Waals surface area (Å²) in [6.07, 6.45) is 0. The van der Waals surface area contributed by atoms with Crippen molar-refractivity contribution in [3.05, 3.63) is 71.8 Å². The van der Waals surface area contributed by atoms with Gasteiger partial charge in [0.1, 0.15) is 0 Å². The summed E-state index contributed by atoms with van der Waals surface area (Å²) in [6.45, 7) is 1.98. The third kappa shape index (κ3) is 2.94. The molecule has 2 rings (SSSR count). The van der Waals surface area contributed by atoms with Crippen molar-refractivity contribution in [2.75, 3.05) is 0 Å². The average molecular weight is 225 g/mol. The maximum Gasteiger partial charge on any atom is 0.251 e.